The van der Waals surface area contributed by atoms with E-state index in [1.54, 1.807) is 11.3 Å². The number of thiophene rings is 1. The standard InChI is InChI=1S/C43H29N3S/c1-43(2)34-17-9-6-14-29(34)32-24-33-30-15-7-10-18-36(30)46(37(33)25-35(32)43)28-22-20-26(21-23-28)40-39-31-16-8-11-19-38(31)47-42(39)45-41(44-40)27-12-4-3-5-13-27/h3-25H,1-2H3. The molecule has 0 saturated heterocycles. The van der Waals surface area contributed by atoms with Crippen LogP contribution in [0.2, 0.25) is 0 Å². The summed E-state index contributed by atoms with van der Waals surface area (Å²) in [6, 6.07) is 50.3. The van der Waals surface area contributed by atoms with Crippen molar-refractivity contribution < 1.29 is 0 Å². The van der Waals surface area contributed by atoms with Gasteiger partial charge in [-0.15, -0.1) is 11.3 Å². The molecule has 3 nitrogen and oxygen atoms in total. The molecule has 0 fully saturated rings. The van der Waals surface area contributed by atoms with Gasteiger partial charge < -0.3 is 4.57 Å². The minimum Gasteiger partial charge on any atom is -0.309 e. The summed E-state index contributed by atoms with van der Waals surface area (Å²) < 4.78 is 3.65. The zero-order valence-corrected chi connectivity index (χ0v) is 26.8. The van der Waals surface area contributed by atoms with E-state index in [0.717, 1.165) is 38.5 Å². The Kier molecular flexibility index (Phi) is 5.50. The molecule has 3 heterocycles. The third-order valence-electron chi connectivity index (χ3n) is 10.0. The highest BCUT2D eigenvalue weighted by atomic mass is 32.1. The van der Waals surface area contributed by atoms with Gasteiger partial charge in [-0.2, -0.15) is 0 Å². The van der Waals surface area contributed by atoms with Gasteiger partial charge in [0, 0.05) is 48.5 Å². The van der Waals surface area contributed by atoms with Crippen LogP contribution in [0.3, 0.4) is 0 Å². The number of aromatic nitrogens is 3. The first-order chi connectivity index (χ1) is 23.1. The molecule has 0 aliphatic heterocycles. The van der Waals surface area contributed by atoms with Crippen molar-refractivity contribution >= 4 is 53.4 Å². The lowest BCUT2D eigenvalue weighted by Crippen LogP contribution is -2.14. The number of benzene rings is 6. The molecule has 0 N–H and O–H groups in total. The lowest BCUT2D eigenvalue weighted by Gasteiger charge is -2.21. The van der Waals surface area contributed by atoms with Crippen LogP contribution >= 0.6 is 11.3 Å². The van der Waals surface area contributed by atoms with Gasteiger partial charge in [0.2, 0.25) is 0 Å². The molecule has 0 saturated carbocycles. The second-order valence-electron chi connectivity index (χ2n) is 13.0. The van der Waals surface area contributed by atoms with Gasteiger partial charge in [-0.3, -0.25) is 0 Å². The van der Waals surface area contributed by atoms with Crippen LogP contribution in [-0.2, 0) is 5.41 Å². The van der Waals surface area contributed by atoms with Gasteiger partial charge in [-0.1, -0.05) is 117 Å². The zero-order valence-electron chi connectivity index (χ0n) is 26.0. The normalized spacial score (nSPS) is 13.5. The van der Waals surface area contributed by atoms with E-state index in [4.69, 9.17) is 9.97 Å². The predicted octanol–water partition coefficient (Wildman–Crippen LogP) is 11.6. The van der Waals surface area contributed by atoms with Crippen molar-refractivity contribution in [3.8, 4) is 39.5 Å². The molecule has 0 bridgehead atoms. The third-order valence-corrected chi connectivity index (χ3v) is 11.1. The number of para-hydroxylation sites is 1. The second kappa shape index (κ2) is 9.71. The fraction of sp³-hybridized carbons (Fsp3) is 0.0698. The van der Waals surface area contributed by atoms with E-state index in [2.05, 4.69) is 140 Å². The quantitative estimate of drug-likeness (QED) is 0.197. The maximum absolute atomic E-state index is 5.22. The molecule has 47 heavy (non-hydrogen) atoms. The van der Waals surface area contributed by atoms with E-state index in [0.29, 0.717) is 0 Å². The van der Waals surface area contributed by atoms with Gasteiger partial charge in [0.05, 0.1) is 16.7 Å². The summed E-state index contributed by atoms with van der Waals surface area (Å²) in [6.07, 6.45) is 0. The molecule has 10 rings (SSSR count). The fourth-order valence-corrected chi connectivity index (χ4v) is 8.83. The van der Waals surface area contributed by atoms with E-state index in [-0.39, 0.29) is 5.41 Å². The van der Waals surface area contributed by atoms with Crippen molar-refractivity contribution in [3.05, 3.63) is 151 Å². The van der Waals surface area contributed by atoms with Crippen molar-refractivity contribution in [3.63, 3.8) is 0 Å². The van der Waals surface area contributed by atoms with E-state index in [1.165, 1.54) is 54.1 Å². The van der Waals surface area contributed by atoms with E-state index in [1.807, 2.05) is 18.2 Å². The van der Waals surface area contributed by atoms with Crippen molar-refractivity contribution in [1.82, 2.24) is 14.5 Å². The average molecular weight is 620 g/mol. The van der Waals surface area contributed by atoms with Gasteiger partial charge >= 0.3 is 0 Å². The topological polar surface area (TPSA) is 30.7 Å². The number of nitrogens with zero attached hydrogens (tertiary/aromatic N) is 3. The maximum atomic E-state index is 5.22. The van der Waals surface area contributed by atoms with Crippen molar-refractivity contribution in [1.29, 1.82) is 0 Å². The van der Waals surface area contributed by atoms with Gasteiger partial charge in [0.25, 0.3) is 0 Å². The van der Waals surface area contributed by atoms with Crippen molar-refractivity contribution in [2.75, 3.05) is 0 Å². The van der Waals surface area contributed by atoms with Crippen molar-refractivity contribution in [2.45, 2.75) is 19.3 Å². The molecule has 222 valence electrons. The van der Waals surface area contributed by atoms with Crippen LogP contribution in [0.1, 0.15) is 25.0 Å². The van der Waals surface area contributed by atoms with E-state index >= 15 is 0 Å². The number of rotatable bonds is 3. The fourth-order valence-electron chi connectivity index (χ4n) is 7.76. The number of hydrogen-bond acceptors (Lipinski definition) is 3. The summed E-state index contributed by atoms with van der Waals surface area (Å²) in [5.41, 5.74) is 12.1. The molecule has 0 unspecified atom stereocenters. The Morgan fingerprint density at radius 2 is 1.28 bits per heavy atom. The summed E-state index contributed by atoms with van der Waals surface area (Å²) in [7, 11) is 0. The Balaban J connectivity index is 1.18. The summed E-state index contributed by atoms with van der Waals surface area (Å²) >= 11 is 1.73. The van der Waals surface area contributed by atoms with Gasteiger partial charge in [0.15, 0.2) is 5.82 Å². The monoisotopic (exact) mass is 619 g/mol. The summed E-state index contributed by atoms with van der Waals surface area (Å²) in [4.78, 5) is 11.3. The highest BCUT2D eigenvalue weighted by Crippen LogP contribution is 2.51. The van der Waals surface area contributed by atoms with Gasteiger partial charge in [-0.25, -0.2) is 9.97 Å². The Morgan fingerprint density at radius 3 is 2.13 bits per heavy atom. The second-order valence-corrected chi connectivity index (χ2v) is 14.1. The largest absolute Gasteiger partial charge is 0.309 e. The molecule has 4 heteroatoms. The smallest absolute Gasteiger partial charge is 0.161 e. The highest BCUT2D eigenvalue weighted by Gasteiger charge is 2.36. The molecular weight excluding hydrogens is 591 g/mol. The minimum absolute atomic E-state index is 0.0661. The van der Waals surface area contributed by atoms with Gasteiger partial charge in [-0.05, 0) is 58.7 Å². The summed E-state index contributed by atoms with van der Waals surface area (Å²) in [5, 5.41) is 4.87. The van der Waals surface area contributed by atoms with Crippen LogP contribution < -0.4 is 0 Å². The van der Waals surface area contributed by atoms with Crippen LogP contribution in [-0.4, -0.2) is 14.5 Å². The molecule has 6 aromatic carbocycles. The first-order valence-electron chi connectivity index (χ1n) is 16.1. The van der Waals surface area contributed by atoms with Crippen LogP contribution in [0.15, 0.2) is 140 Å². The lowest BCUT2D eigenvalue weighted by atomic mass is 9.82. The Bertz CT molecular complexity index is 2700. The molecule has 9 aromatic rings. The predicted molar refractivity (Wildman–Crippen MR) is 198 cm³/mol. The Hall–Kier alpha value is -5.58. The SMILES string of the molecule is CC1(C)c2ccccc2-c2cc3c4ccccc4n(-c4ccc(-c5nc(-c6ccccc6)nc6sc7ccccc7c56)cc4)c3cc21. The van der Waals surface area contributed by atoms with E-state index < -0.39 is 0 Å². The Labute approximate surface area is 276 Å². The highest BCUT2D eigenvalue weighted by molar-refractivity contribution is 7.25. The zero-order chi connectivity index (χ0) is 31.3. The van der Waals surface area contributed by atoms with Crippen LogP contribution in [0.25, 0.3) is 81.6 Å². The molecule has 3 aromatic heterocycles. The van der Waals surface area contributed by atoms with Crippen LogP contribution in [0.4, 0.5) is 0 Å². The first kappa shape index (κ1) is 26.6. The van der Waals surface area contributed by atoms with Crippen molar-refractivity contribution in [2.24, 2.45) is 0 Å². The molecule has 0 radical (unpaired) electrons. The lowest BCUT2D eigenvalue weighted by molar-refractivity contribution is 0.661. The third kappa shape index (κ3) is 3.79. The molecule has 1 aliphatic rings. The molecule has 0 amide bonds. The summed E-state index contributed by atoms with van der Waals surface area (Å²) in [5.74, 6) is 0.753. The average Bonchev–Trinajstić information content (AvgIpc) is 3.73. The Morgan fingerprint density at radius 1 is 0.553 bits per heavy atom. The van der Waals surface area contributed by atoms with Crippen LogP contribution in [0, 0.1) is 0 Å². The van der Waals surface area contributed by atoms with Crippen LogP contribution in [0.5, 0.6) is 0 Å². The molecule has 1 aliphatic carbocycles. The van der Waals surface area contributed by atoms with E-state index in [9.17, 15) is 0 Å². The number of fused-ring (bicyclic) bond motifs is 9. The molecule has 0 atom stereocenters. The minimum atomic E-state index is -0.0661. The first-order valence-corrected chi connectivity index (χ1v) is 16.9. The van der Waals surface area contributed by atoms with Gasteiger partial charge in [0.1, 0.15) is 4.83 Å². The number of hydrogen-bond donors (Lipinski definition) is 0. The molecular formula is C43H29N3S. The maximum Gasteiger partial charge on any atom is 0.161 e. The summed E-state index contributed by atoms with van der Waals surface area (Å²) in [6.45, 7) is 4.71. The molecule has 0 spiro atoms.